The second-order valence-corrected chi connectivity index (χ2v) is 6.59. The molecule has 2 aromatic rings. The van der Waals surface area contributed by atoms with Gasteiger partial charge in [-0.15, -0.1) is 0 Å². The fourth-order valence-corrected chi connectivity index (χ4v) is 2.75. The molecule has 0 atom stereocenters. The molecule has 0 unspecified atom stereocenters. The van der Waals surface area contributed by atoms with Crippen LogP contribution in [0.3, 0.4) is 0 Å². The number of rotatable bonds is 6. The van der Waals surface area contributed by atoms with E-state index in [1.165, 1.54) is 6.20 Å². The molecule has 0 radical (unpaired) electrons. The summed E-state index contributed by atoms with van der Waals surface area (Å²) in [6, 6.07) is 16.7. The molecular formula is C21H20ClN3O3. The molecule has 0 spiro atoms. The van der Waals surface area contributed by atoms with Crippen molar-refractivity contribution in [1.82, 2.24) is 4.90 Å². The lowest BCUT2D eigenvalue weighted by atomic mass is 10.2. The Bertz CT molecular complexity index is 867. The van der Waals surface area contributed by atoms with E-state index in [9.17, 15) is 10.1 Å². The lowest BCUT2D eigenvalue weighted by Gasteiger charge is -2.26. The second-order valence-electron chi connectivity index (χ2n) is 6.16. The summed E-state index contributed by atoms with van der Waals surface area (Å²) in [5, 5.41) is 13.0. The minimum Gasteiger partial charge on any atom is -0.489 e. The fourth-order valence-electron chi connectivity index (χ4n) is 2.63. The SMILES string of the molecule is N#CC(=CNc1ccc(OCc2ccc(Cl)cc2)cc1)C(=O)N1CCOCC1. The summed E-state index contributed by atoms with van der Waals surface area (Å²) < 4.78 is 11.0. The van der Waals surface area contributed by atoms with E-state index in [-0.39, 0.29) is 11.5 Å². The highest BCUT2D eigenvalue weighted by Crippen LogP contribution is 2.18. The Labute approximate surface area is 168 Å². The lowest BCUT2D eigenvalue weighted by Crippen LogP contribution is -2.41. The largest absolute Gasteiger partial charge is 0.489 e. The molecule has 144 valence electrons. The molecule has 1 N–H and O–H groups in total. The molecule has 0 aromatic heterocycles. The minimum absolute atomic E-state index is 0.0602. The van der Waals surface area contributed by atoms with Crippen LogP contribution in [0.4, 0.5) is 5.69 Å². The van der Waals surface area contributed by atoms with Crippen molar-refractivity contribution in [3.8, 4) is 11.8 Å². The van der Waals surface area contributed by atoms with Crippen molar-refractivity contribution in [3.05, 3.63) is 70.9 Å². The summed E-state index contributed by atoms with van der Waals surface area (Å²) in [6.07, 6.45) is 1.43. The summed E-state index contributed by atoms with van der Waals surface area (Å²) in [7, 11) is 0. The average Bonchev–Trinajstić information content (AvgIpc) is 2.75. The van der Waals surface area contributed by atoms with Crippen molar-refractivity contribution in [1.29, 1.82) is 5.26 Å². The van der Waals surface area contributed by atoms with E-state index in [4.69, 9.17) is 21.1 Å². The van der Waals surface area contributed by atoms with Crippen LogP contribution in [-0.2, 0) is 16.1 Å². The van der Waals surface area contributed by atoms with Crippen molar-refractivity contribution in [2.75, 3.05) is 31.6 Å². The van der Waals surface area contributed by atoms with Crippen molar-refractivity contribution >= 4 is 23.2 Å². The highest BCUT2D eigenvalue weighted by Gasteiger charge is 2.20. The summed E-state index contributed by atoms with van der Waals surface area (Å²) in [4.78, 5) is 14.0. The molecule has 0 bridgehead atoms. The quantitative estimate of drug-likeness (QED) is 0.595. The number of nitrogens with zero attached hydrogens (tertiary/aromatic N) is 2. The number of nitriles is 1. The Kier molecular flexibility index (Phi) is 6.90. The maximum Gasteiger partial charge on any atom is 0.266 e. The van der Waals surface area contributed by atoms with Gasteiger partial charge < -0.3 is 19.7 Å². The highest BCUT2D eigenvalue weighted by atomic mass is 35.5. The number of morpholine rings is 1. The van der Waals surface area contributed by atoms with Gasteiger partial charge in [-0.3, -0.25) is 4.79 Å². The van der Waals surface area contributed by atoms with E-state index >= 15 is 0 Å². The molecule has 0 aliphatic carbocycles. The molecular weight excluding hydrogens is 378 g/mol. The fraction of sp³-hybridized carbons (Fsp3) is 0.238. The van der Waals surface area contributed by atoms with E-state index in [0.29, 0.717) is 37.9 Å². The van der Waals surface area contributed by atoms with Crippen molar-refractivity contribution in [3.63, 3.8) is 0 Å². The third-order valence-corrected chi connectivity index (χ3v) is 4.46. The molecule has 6 nitrogen and oxygen atoms in total. The molecule has 1 amide bonds. The standard InChI is InChI=1S/C21H20ClN3O3/c22-18-3-1-16(2-4-18)15-28-20-7-5-19(6-8-20)24-14-17(13-23)21(26)25-9-11-27-12-10-25/h1-8,14,24H,9-12,15H2. The van der Waals surface area contributed by atoms with E-state index in [2.05, 4.69) is 5.32 Å². The molecule has 1 aliphatic rings. The van der Waals surface area contributed by atoms with E-state index in [1.807, 2.05) is 54.6 Å². The lowest BCUT2D eigenvalue weighted by molar-refractivity contribution is -0.130. The van der Waals surface area contributed by atoms with Crippen LogP contribution >= 0.6 is 11.6 Å². The van der Waals surface area contributed by atoms with Gasteiger partial charge in [0.2, 0.25) is 0 Å². The molecule has 7 heteroatoms. The zero-order chi connectivity index (χ0) is 19.8. The van der Waals surface area contributed by atoms with E-state index < -0.39 is 0 Å². The number of hydrogen-bond donors (Lipinski definition) is 1. The Hall–Kier alpha value is -3.01. The van der Waals surface area contributed by atoms with Gasteiger partial charge in [-0.05, 0) is 42.0 Å². The van der Waals surface area contributed by atoms with Crippen LogP contribution in [0.2, 0.25) is 5.02 Å². The van der Waals surface area contributed by atoms with Crippen LogP contribution < -0.4 is 10.1 Å². The maximum absolute atomic E-state index is 12.4. The third-order valence-electron chi connectivity index (χ3n) is 4.21. The third kappa shape index (κ3) is 5.49. The number of benzene rings is 2. The van der Waals surface area contributed by atoms with Crippen molar-refractivity contribution < 1.29 is 14.3 Å². The van der Waals surface area contributed by atoms with Gasteiger partial charge in [-0.2, -0.15) is 5.26 Å². The molecule has 1 fully saturated rings. The number of hydrogen-bond acceptors (Lipinski definition) is 5. The van der Waals surface area contributed by atoms with Crippen molar-refractivity contribution in [2.24, 2.45) is 0 Å². The van der Waals surface area contributed by atoms with Gasteiger partial charge >= 0.3 is 0 Å². The van der Waals surface area contributed by atoms with Gasteiger partial charge in [0.15, 0.2) is 0 Å². The predicted octanol–water partition coefficient (Wildman–Crippen LogP) is 3.60. The first-order valence-electron chi connectivity index (χ1n) is 8.87. The van der Waals surface area contributed by atoms with Gasteiger partial charge in [0.1, 0.15) is 24.0 Å². The average molecular weight is 398 g/mol. The second kappa shape index (κ2) is 9.79. The number of anilines is 1. The molecule has 1 heterocycles. The topological polar surface area (TPSA) is 74.6 Å². The maximum atomic E-state index is 12.4. The molecule has 2 aromatic carbocycles. The number of nitrogens with one attached hydrogen (secondary N) is 1. The first-order valence-corrected chi connectivity index (χ1v) is 9.24. The van der Waals surface area contributed by atoms with Gasteiger partial charge in [0, 0.05) is 30.0 Å². The summed E-state index contributed by atoms with van der Waals surface area (Å²) in [5.74, 6) is 0.426. The summed E-state index contributed by atoms with van der Waals surface area (Å²) in [5.41, 5.74) is 1.83. The van der Waals surface area contributed by atoms with Gasteiger partial charge in [0.05, 0.1) is 13.2 Å². The first-order chi connectivity index (χ1) is 13.7. The van der Waals surface area contributed by atoms with Crippen LogP contribution in [0.1, 0.15) is 5.56 Å². The highest BCUT2D eigenvalue weighted by molar-refractivity contribution is 6.30. The van der Waals surface area contributed by atoms with Gasteiger partial charge in [-0.1, -0.05) is 23.7 Å². The summed E-state index contributed by atoms with van der Waals surface area (Å²) in [6.45, 7) is 2.43. The molecule has 0 saturated carbocycles. The predicted molar refractivity (Wildman–Crippen MR) is 107 cm³/mol. The Morgan fingerprint density at radius 3 is 2.50 bits per heavy atom. The first kappa shape index (κ1) is 19.7. The van der Waals surface area contributed by atoms with Crippen LogP contribution in [0, 0.1) is 11.3 Å². The molecule has 1 aliphatic heterocycles. The Balaban J connectivity index is 1.55. The smallest absolute Gasteiger partial charge is 0.266 e. The zero-order valence-corrected chi connectivity index (χ0v) is 16.0. The number of carbonyl (C=O) groups excluding carboxylic acids is 1. The summed E-state index contributed by atoms with van der Waals surface area (Å²) >= 11 is 5.87. The zero-order valence-electron chi connectivity index (χ0n) is 15.2. The van der Waals surface area contributed by atoms with Crippen LogP contribution in [0.25, 0.3) is 0 Å². The van der Waals surface area contributed by atoms with Crippen molar-refractivity contribution in [2.45, 2.75) is 6.61 Å². The number of ether oxygens (including phenoxy) is 2. The molecule has 1 saturated heterocycles. The van der Waals surface area contributed by atoms with Gasteiger partial charge in [-0.25, -0.2) is 0 Å². The normalized spacial score (nSPS) is 14.3. The van der Waals surface area contributed by atoms with E-state index in [1.54, 1.807) is 4.90 Å². The number of amides is 1. The molecule has 28 heavy (non-hydrogen) atoms. The van der Waals surface area contributed by atoms with Crippen LogP contribution in [-0.4, -0.2) is 37.1 Å². The molecule has 3 rings (SSSR count). The Morgan fingerprint density at radius 1 is 1.18 bits per heavy atom. The number of carbonyl (C=O) groups is 1. The van der Waals surface area contributed by atoms with Gasteiger partial charge in [0.25, 0.3) is 5.91 Å². The Morgan fingerprint density at radius 2 is 1.86 bits per heavy atom. The minimum atomic E-state index is -0.291. The van der Waals surface area contributed by atoms with Crippen LogP contribution in [0.5, 0.6) is 5.75 Å². The monoisotopic (exact) mass is 397 g/mol. The van der Waals surface area contributed by atoms with Crippen LogP contribution in [0.15, 0.2) is 60.3 Å². The van der Waals surface area contributed by atoms with E-state index in [0.717, 1.165) is 17.0 Å². The number of halogens is 1.